The fraction of sp³-hybridized carbons (Fsp3) is 0.667. The lowest BCUT2D eigenvalue weighted by atomic mass is 9.65. The maximum Gasteiger partial charge on any atom is 0.244 e. The molecule has 6 atom stereocenters. The zero-order valence-electron chi connectivity index (χ0n) is 11.9. The summed E-state index contributed by atoms with van der Waals surface area (Å²) in [5.41, 5.74) is 0. The van der Waals surface area contributed by atoms with E-state index in [0.29, 0.717) is 0 Å². The number of hydrogen-bond acceptors (Lipinski definition) is 5. The lowest BCUT2D eigenvalue weighted by molar-refractivity contribution is -0.143. The van der Waals surface area contributed by atoms with Crippen LogP contribution in [0.5, 0.6) is 0 Å². The Morgan fingerprint density at radius 2 is 1.50 bits per heavy atom. The third-order valence-electron chi connectivity index (χ3n) is 5.19. The van der Waals surface area contributed by atoms with Crippen molar-refractivity contribution >= 4 is 17.7 Å². The molecule has 3 amide bonds. The second kappa shape index (κ2) is 5.42. The van der Waals surface area contributed by atoms with E-state index in [0.717, 1.165) is 25.7 Å². The summed E-state index contributed by atoms with van der Waals surface area (Å²) in [5.74, 6) is -5.38. The molecule has 2 heterocycles. The van der Waals surface area contributed by atoms with Gasteiger partial charge in [0.15, 0.2) is 0 Å². The smallest absolute Gasteiger partial charge is 0.244 e. The zero-order chi connectivity index (χ0) is 15.9. The Morgan fingerprint density at radius 1 is 0.909 bits per heavy atom. The van der Waals surface area contributed by atoms with E-state index in [1.807, 2.05) is 12.1 Å². The Labute approximate surface area is 127 Å². The standard InChI is InChI=1S/C15H16N4O3/c16-5-8-11(9(6-17)14(21)19-13(8)20)12-7-3-1-2-4-10(7)18-15(12)22/h7-12H,1-4H2,(H,18,22)(H,19,20,21)/t7-,8-,9+,10+,11?,12+/m0/s1. The van der Waals surface area contributed by atoms with Crippen molar-refractivity contribution in [1.82, 2.24) is 10.6 Å². The number of rotatable bonds is 1. The highest BCUT2D eigenvalue weighted by Crippen LogP contribution is 2.44. The number of nitrogens with one attached hydrogen (secondary N) is 2. The third-order valence-corrected chi connectivity index (χ3v) is 5.19. The van der Waals surface area contributed by atoms with E-state index in [4.69, 9.17) is 0 Å². The van der Waals surface area contributed by atoms with Gasteiger partial charge in [0.1, 0.15) is 11.8 Å². The van der Waals surface area contributed by atoms with Crippen molar-refractivity contribution in [2.24, 2.45) is 29.6 Å². The highest BCUT2D eigenvalue weighted by atomic mass is 16.2. The van der Waals surface area contributed by atoms with Gasteiger partial charge in [-0.2, -0.15) is 10.5 Å². The first-order valence-electron chi connectivity index (χ1n) is 7.52. The monoisotopic (exact) mass is 300 g/mol. The molecule has 2 N–H and O–H groups in total. The van der Waals surface area contributed by atoms with E-state index in [1.54, 1.807) is 0 Å². The maximum atomic E-state index is 12.4. The molecule has 7 nitrogen and oxygen atoms in total. The molecule has 1 saturated carbocycles. The summed E-state index contributed by atoms with van der Waals surface area (Å²) in [6, 6.07) is 3.80. The molecule has 1 unspecified atom stereocenters. The van der Waals surface area contributed by atoms with Crippen LogP contribution in [0.3, 0.4) is 0 Å². The highest BCUT2D eigenvalue weighted by Gasteiger charge is 2.56. The molecular formula is C15H16N4O3. The average Bonchev–Trinajstić information content (AvgIpc) is 2.82. The van der Waals surface area contributed by atoms with Crippen LogP contribution in [0.2, 0.25) is 0 Å². The Hall–Kier alpha value is -2.41. The molecule has 2 aliphatic heterocycles. The van der Waals surface area contributed by atoms with Crippen LogP contribution in [-0.2, 0) is 14.4 Å². The maximum absolute atomic E-state index is 12.4. The van der Waals surface area contributed by atoms with E-state index in [2.05, 4.69) is 10.6 Å². The first-order chi connectivity index (χ1) is 10.6. The number of fused-ring (bicyclic) bond motifs is 1. The van der Waals surface area contributed by atoms with Gasteiger partial charge in [0.05, 0.1) is 12.1 Å². The molecule has 3 rings (SSSR count). The summed E-state index contributed by atoms with van der Waals surface area (Å²) >= 11 is 0. The quantitative estimate of drug-likeness (QED) is 0.651. The minimum absolute atomic E-state index is 0.00310. The Kier molecular flexibility index (Phi) is 3.58. The van der Waals surface area contributed by atoms with Gasteiger partial charge in [0.25, 0.3) is 0 Å². The second-order valence-corrected chi connectivity index (χ2v) is 6.23. The molecule has 3 aliphatic rings. The van der Waals surface area contributed by atoms with Crippen molar-refractivity contribution in [3.05, 3.63) is 0 Å². The van der Waals surface area contributed by atoms with Gasteiger partial charge in [-0.15, -0.1) is 0 Å². The summed E-state index contributed by atoms with van der Waals surface area (Å²) in [4.78, 5) is 36.3. The number of amides is 3. The first kappa shape index (κ1) is 14.5. The van der Waals surface area contributed by atoms with Crippen molar-refractivity contribution < 1.29 is 14.4 Å². The van der Waals surface area contributed by atoms with Gasteiger partial charge in [-0.25, -0.2) is 0 Å². The zero-order valence-corrected chi connectivity index (χ0v) is 11.9. The Balaban J connectivity index is 2.00. The van der Waals surface area contributed by atoms with Gasteiger partial charge in [0, 0.05) is 17.9 Å². The van der Waals surface area contributed by atoms with Crippen LogP contribution < -0.4 is 10.6 Å². The summed E-state index contributed by atoms with van der Waals surface area (Å²) in [5, 5.41) is 23.6. The Morgan fingerprint density at radius 3 is 2.09 bits per heavy atom. The normalized spacial score (nSPS) is 40.9. The van der Waals surface area contributed by atoms with Crippen LogP contribution in [0.15, 0.2) is 0 Å². The molecule has 2 saturated heterocycles. The predicted molar refractivity (Wildman–Crippen MR) is 72.2 cm³/mol. The van der Waals surface area contributed by atoms with E-state index >= 15 is 0 Å². The predicted octanol–water partition coefficient (Wildman–Crippen LogP) is -0.157. The van der Waals surface area contributed by atoms with Crippen LogP contribution in [0.1, 0.15) is 25.7 Å². The first-order valence-corrected chi connectivity index (χ1v) is 7.52. The molecule has 0 aromatic heterocycles. The molecule has 22 heavy (non-hydrogen) atoms. The highest BCUT2D eigenvalue weighted by molar-refractivity contribution is 6.03. The molecule has 0 bridgehead atoms. The molecule has 0 radical (unpaired) electrons. The van der Waals surface area contributed by atoms with Crippen molar-refractivity contribution in [3.8, 4) is 12.1 Å². The molecule has 3 fully saturated rings. The summed E-state index contributed by atoms with van der Waals surface area (Å²) in [7, 11) is 0. The third kappa shape index (κ3) is 2.05. The van der Waals surface area contributed by atoms with Crippen LogP contribution in [0.25, 0.3) is 0 Å². The van der Waals surface area contributed by atoms with E-state index in [9.17, 15) is 24.9 Å². The summed E-state index contributed by atoms with van der Waals surface area (Å²) in [6.07, 6.45) is 3.69. The van der Waals surface area contributed by atoms with Gasteiger partial charge >= 0.3 is 0 Å². The van der Waals surface area contributed by atoms with Crippen molar-refractivity contribution in [1.29, 1.82) is 10.5 Å². The number of carbonyl (C=O) groups excluding carboxylic acids is 3. The number of nitrogens with zero attached hydrogens (tertiary/aromatic N) is 2. The molecule has 0 aromatic carbocycles. The average molecular weight is 300 g/mol. The van der Waals surface area contributed by atoms with Crippen LogP contribution in [0, 0.1) is 52.3 Å². The molecule has 1 aliphatic carbocycles. The van der Waals surface area contributed by atoms with Crippen molar-refractivity contribution in [2.75, 3.05) is 0 Å². The molecule has 0 spiro atoms. The van der Waals surface area contributed by atoms with Crippen molar-refractivity contribution in [3.63, 3.8) is 0 Å². The molecule has 114 valence electrons. The number of hydrogen-bond donors (Lipinski definition) is 2. The van der Waals surface area contributed by atoms with Gasteiger partial charge in [-0.1, -0.05) is 12.8 Å². The van der Waals surface area contributed by atoms with Crippen LogP contribution in [0.4, 0.5) is 0 Å². The minimum atomic E-state index is -1.14. The number of piperidine rings is 1. The number of imide groups is 1. The molecule has 0 aromatic rings. The van der Waals surface area contributed by atoms with Gasteiger partial charge in [-0.05, 0) is 18.8 Å². The Bertz CT molecular complexity index is 585. The van der Waals surface area contributed by atoms with Crippen LogP contribution in [-0.4, -0.2) is 23.8 Å². The lowest BCUT2D eigenvalue weighted by Gasteiger charge is -2.36. The molecular weight excluding hydrogens is 284 g/mol. The summed E-state index contributed by atoms with van der Waals surface area (Å²) in [6.45, 7) is 0. The lowest BCUT2D eigenvalue weighted by Crippen LogP contribution is -2.54. The van der Waals surface area contributed by atoms with Gasteiger partial charge in [-0.3, -0.25) is 19.7 Å². The topological polar surface area (TPSA) is 123 Å². The number of carbonyl (C=O) groups is 3. The second-order valence-electron chi connectivity index (χ2n) is 6.23. The fourth-order valence-corrected chi connectivity index (χ4v) is 4.23. The van der Waals surface area contributed by atoms with Crippen LogP contribution >= 0.6 is 0 Å². The number of nitriles is 2. The van der Waals surface area contributed by atoms with Gasteiger partial charge < -0.3 is 5.32 Å². The molecule has 7 heteroatoms. The largest absolute Gasteiger partial charge is 0.353 e. The van der Waals surface area contributed by atoms with E-state index in [1.165, 1.54) is 0 Å². The van der Waals surface area contributed by atoms with E-state index < -0.39 is 35.5 Å². The van der Waals surface area contributed by atoms with Gasteiger partial charge in [0.2, 0.25) is 17.7 Å². The van der Waals surface area contributed by atoms with E-state index in [-0.39, 0.29) is 17.9 Å². The SMILES string of the molecule is N#C[C@@H]1C(=O)NC(=O)[C@H](C#N)C1[C@@H]1C(=O)N[C@@H]2CCCC[C@@H]21. The minimum Gasteiger partial charge on any atom is -0.353 e. The van der Waals surface area contributed by atoms with Crippen molar-refractivity contribution in [2.45, 2.75) is 31.7 Å². The summed E-state index contributed by atoms with van der Waals surface area (Å²) < 4.78 is 0. The fourth-order valence-electron chi connectivity index (χ4n) is 4.23.